The monoisotopic (exact) mass is 380 g/mol. The number of aliphatic carboxylic acids is 1. The summed E-state index contributed by atoms with van der Waals surface area (Å²) >= 11 is 0. The van der Waals surface area contributed by atoms with Crippen molar-refractivity contribution in [3.05, 3.63) is 42.5 Å². The highest BCUT2D eigenvalue weighted by atomic mass is 32.2. The van der Waals surface area contributed by atoms with Crippen molar-refractivity contribution in [3.8, 4) is 0 Å². The Morgan fingerprint density at radius 2 is 1.96 bits per heavy atom. The number of carbonyl (C=O) groups excluding carboxylic acids is 1. The summed E-state index contributed by atoms with van der Waals surface area (Å²) in [6, 6.07) is 4.66. The molecule has 1 saturated heterocycles. The van der Waals surface area contributed by atoms with Crippen LogP contribution in [0.15, 0.2) is 41.8 Å². The summed E-state index contributed by atoms with van der Waals surface area (Å²) < 4.78 is 26.9. The van der Waals surface area contributed by atoms with Crippen molar-refractivity contribution in [2.24, 2.45) is 0 Å². The second-order valence-electron chi connectivity index (χ2n) is 6.22. The highest BCUT2D eigenvalue weighted by molar-refractivity contribution is 7.89. The SMILES string of the molecule is C=CCCC(NC(=O)c1cccc(S(=O)(=O)N2CCCCC2)c1)C(=O)O. The number of amides is 1. The predicted molar refractivity (Wildman–Crippen MR) is 97.4 cm³/mol. The lowest BCUT2D eigenvalue weighted by Gasteiger charge is -2.26. The lowest BCUT2D eigenvalue weighted by molar-refractivity contribution is -0.139. The smallest absolute Gasteiger partial charge is 0.326 e. The van der Waals surface area contributed by atoms with Crippen LogP contribution < -0.4 is 5.32 Å². The van der Waals surface area contributed by atoms with E-state index in [2.05, 4.69) is 11.9 Å². The standard InChI is InChI=1S/C18H24N2O5S/c1-2-3-10-16(18(22)23)19-17(21)14-8-7-9-15(13-14)26(24,25)20-11-5-4-6-12-20/h2,7-9,13,16H,1,3-6,10-12H2,(H,19,21)(H,22,23). The van der Waals surface area contributed by atoms with Gasteiger partial charge in [0.05, 0.1) is 4.90 Å². The van der Waals surface area contributed by atoms with Crippen LogP contribution in [-0.2, 0) is 14.8 Å². The number of carbonyl (C=O) groups is 2. The van der Waals surface area contributed by atoms with Crippen LogP contribution in [0.1, 0.15) is 42.5 Å². The van der Waals surface area contributed by atoms with Gasteiger partial charge in [-0.2, -0.15) is 4.31 Å². The molecular weight excluding hydrogens is 356 g/mol. The zero-order valence-corrected chi connectivity index (χ0v) is 15.4. The number of allylic oxidation sites excluding steroid dienone is 1. The van der Waals surface area contributed by atoms with Gasteiger partial charge in [0.1, 0.15) is 6.04 Å². The number of benzene rings is 1. The summed E-state index contributed by atoms with van der Waals surface area (Å²) in [5, 5.41) is 11.6. The Kier molecular flexibility index (Phi) is 6.93. The number of hydrogen-bond acceptors (Lipinski definition) is 4. The van der Waals surface area contributed by atoms with E-state index < -0.39 is 27.9 Å². The fourth-order valence-corrected chi connectivity index (χ4v) is 4.40. The van der Waals surface area contributed by atoms with Crippen molar-refractivity contribution < 1.29 is 23.1 Å². The number of nitrogens with zero attached hydrogens (tertiary/aromatic N) is 1. The minimum atomic E-state index is -3.65. The van der Waals surface area contributed by atoms with E-state index in [0.717, 1.165) is 19.3 Å². The van der Waals surface area contributed by atoms with Crippen molar-refractivity contribution in [1.82, 2.24) is 9.62 Å². The van der Waals surface area contributed by atoms with Gasteiger partial charge in [0.25, 0.3) is 5.91 Å². The number of piperidine rings is 1. The van der Waals surface area contributed by atoms with E-state index in [1.807, 2.05) is 0 Å². The van der Waals surface area contributed by atoms with Gasteiger partial charge in [-0.1, -0.05) is 18.6 Å². The van der Waals surface area contributed by atoms with E-state index in [1.165, 1.54) is 28.6 Å². The number of carboxylic acid groups (broad SMARTS) is 1. The summed E-state index contributed by atoms with van der Waals surface area (Å²) in [6.45, 7) is 4.48. The van der Waals surface area contributed by atoms with E-state index in [-0.39, 0.29) is 16.9 Å². The maximum atomic E-state index is 12.7. The first-order valence-electron chi connectivity index (χ1n) is 8.61. The van der Waals surface area contributed by atoms with Gasteiger partial charge in [0.15, 0.2) is 0 Å². The normalized spacial score (nSPS) is 16.6. The summed E-state index contributed by atoms with van der Waals surface area (Å²) in [4.78, 5) is 23.7. The van der Waals surface area contributed by atoms with Gasteiger partial charge in [-0.15, -0.1) is 6.58 Å². The maximum Gasteiger partial charge on any atom is 0.326 e. The second-order valence-corrected chi connectivity index (χ2v) is 8.16. The van der Waals surface area contributed by atoms with Gasteiger partial charge in [-0.3, -0.25) is 4.79 Å². The van der Waals surface area contributed by atoms with Crippen LogP contribution in [0.5, 0.6) is 0 Å². The lowest BCUT2D eigenvalue weighted by Crippen LogP contribution is -2.40. The first-order valence-corrected chi connectivity index (χ1v) is 10.0. The molecule has 1 aliphatic rings. The fraction of sp³-hybridized carbons (Fsp3) is 0.444. The van der Waals surface area contributed by atoms with Gasteiger partial charge in [0, 0.05) is 18.7 Å². The second kappa shape index (κ2) is 8.95. The Morgan fingerprint density at radius 1 is 1.27 bits per heavy atom. The Bertz CT molecular complexity index is 770. The van der Waals surface area contributed by atoms with Crippen LogP contribution in [0, 0.1) is 0 Å². The fourth-order valence-electron chi connectivity index (χ4n) is 2.84. The Labute approximate surface area is 153 Å². The van der Waals surface area contributed by atoms with Crippen molar-refractivity contribution in [3.63, 3.8) is 0 Å². The highest BCUT2D eigenvalue weighted by Crippen LogP contribution is 2.21. The molecule has 0 aromatic heterocycles. The Hall–Kier alpha value is -2.19. The Morgan fingerprint density at radius 3 is 2.58 bits per heavy atom. The number of hydrogen-bond donors (Lipinski definition) is 2. The molecule has 0 saturated carbocycles. The quantitative estimate of drug-likeness (QED) is 0.672. The summed E-state index contributed by atoms with van der Waals surface area (Å²) in [7, 11) is -3.65. The third kappa shape index (κ3) is 4.92. The van der Waals surface area contributed by atoms with Crippen LogP contribution in [0.3, 0.4) is 0 Å². The molecule has 0 spiro atoms. The molecule has 0 bridgehead atoms. The number of nitrogens with one attached hydrogen (secondary N) is 1. The first-order chi connectivity index (χ1) is 12.4. The van der Waals surface area contributed by atoms with Crippen molar-refractivity contribution >= 4 is 21.9 Å². The van der Waals surface area contributed by atoms with E-state index in [4.69, 9.17) is 0 Å². The molecule has 0 aliphatic carbocycles. The van der Waals surface area contributed by atoms with E-state index in [9.17, 15) is 23.1 Å². The molecule has 1 amide bonds. The minimum Gasteiger partial charge on any atom is -0.480 e. The molecule has 1 atom stereocenters. The van der Waals surface area contributed by atoms with Crippen LogP contribution in [0.25, 0.3) is 0 Å². The molecule has 7 nitrogen and oxygen atoms in total. The molecule has 2 rings (SSSR count). The third-order valence-electron chi connectivity index (χ3n) is 4.31. The zero-order chi connectivity index (χ0) is 19.2. The molecule has 1 heterocycles. The highest BCUT2D eigenvalue weighted by Gasteiger charge is 2.27. The lowest BCUT2D eigenvalue weighted by atomic mass is 10.1. The van der Waals surface area contributed by atoms with Crippen LogP contribution in [-0.4, -0.2) is 48.8 Å². The molecule has 0 radical (unpaired) electrons. The molecule has 1 aliphatic heterocycles. The van der Waals surface area contributed by atoms with E-state index in [1.54, 1.807) is 6.08 Å². The summed E-state index contributed by atoms with van der Waals surface area (Å²) in [5.41, 5.74) is 0.118. The van der Waals surface area contributed by atoms with Crippen LogP contribution in [0.4, 0.5) is 0 Å². The number of sulfonamides is 1. The molecule has 1 aromatic carbocycles. The molecule has 1 unspecified atom stereocenters. The third-order valence-corrected chi connectivity index (χ3v) is 6.21. The van der Waals surface area contributed by atoms with Crippen LogP contribution in [0.2, 0.25) is 0 Å². The van der Waals surface area contributed by atoms with Gasteiger partial charge in [0.2, 0.25) is 10.0 Å². The summed E-state index contributed by atoms with van der Waals surface area (Å²) in [5.74, 6) is -1.76. The largest absolute Gasteiger partial charge is 0.480 e. The van der Waals surface area contributed by atoms with Crippen LogP contribution >= 0.6 is 0 Å². The zero-order valence-electron chi connectivity index (χ0n) is 14.6. The number of rotatable bonds is 8. The number of carboxylic acids is 1. The molecule has 8 heteroatoms. The minimum absolute atomic E-state index is 0.0463. The molecule has 142 valence electrons. The summed E-state index contributed by atoms with van der Waals surface area (Å²) in [6.07, 6.45) is 4.90. The van der Waals surface area contributed by atoms with Gasteiger partial charge in [-0.05, 0) is 43.9 Å². The molecule has 26 heavy (non-hydrogen) atoms. The average molecular weight is 380 g/mol. The van der Waals surface area contributed by atoms with Gasteiger partial charge < -0.3 is 10.4 Å². The molecule has 2 N–H and O–H groups in total. The topological polar surface area (TPSA) is 104 Å². The van der Waals surface area contributed by atoms with Gasteiger partial charge in [-0.25, -0.2) is 13.2 Å². The van der Waals surface area contributed by atoms with Gasteiger partial charge >= 0.3 is 5.97 Å². The van der Waals surface area contributed by atoms with Crippen molar-refractivity contribution in [2.45, 2.75) is 43.0 Å². The molecule has 1 aromatic rings. The first kappa shape index (κ1) is 20.1. The van der Waals surface area contributed by atoms with Crippen molar-refractivity contribution in [2.75, 3.05) is 13.1 Å². The Balaban J connectivity index is 2.18. The average Bonchev–Trinajstić information content (AvgIpc) is 2.65. The maximum absolute atomic E-state index is 12.7. The predicted octanol–water partition coefficient (Wildman–Crippen LogP) is 2.01. The van der Waals surface area contributed by atoms with E-state index >= 15 is 0 Å². The molecule has 1 fully saturated rings. The molecular formula is C18H24N2O5S. The van der Waals surface area contributed by atoms with Crippen molar-refractivity contribution in [1.29, 1.82) is 0 Å². The van der Waals surface area contributed by atoms with E-state index in [0.29, 0.717) is 19.5 Å².